The molecular formula is C20H22FN5O. The minimum Gasteiger partial charge on any atom is -0.356 e. The van der Waals surface area contributed by atoms with Crippen LogP contribution >= 0.6 is 0 Å². The Hall–Kier alpha value is -2.96. The Labute approximate surface area is 157 Å². The molecule has 0 atom stereocenters. The predicted octanol–water partition coefficient (Wildman–Crippen LogP) is 2.65. The van der Waals surface area contributed by atoms with Crippen LogP contribution in [0.3, 0.4) is 0 Å². The lowest BCUT2D eigenvalue weighted by Gasteiger charge is -2.33. The van der Waals surface area contributed by atoms with E-state index in [0.717, 1.165) is 55.0 Å². The Morgan fingerprint density at radius 3 is 2.93 bits per heavy atom. The molecule has 7 heteroatoms. The summed E-state index contributed by atoms with van der Waals surface area (Å²) < 4.78 is 13.2. The van der Waals surface area contributed by atoms with Crippen molar-refractivity contribution in [3.05, 3.63) is 59.3 Å². The number of urea groups is 1. The maximum Gasteiger partial charge on any atom is 0.315 e. The summed E-state index contributed by atoms with van der Waals surface area (Å²) in [6.07, 6.45) is 8.42. The van der Waals surface area contributed by atoms with Gasteiger partial charge in [0.25, 0.3) is 0 Å². The number of anilines is 1. The number of nitrogens with one attached hydrogen (secondary N) is 2. The molecule has 0 spiro atoms. The van der Waals surface area contributed by atoms with Crippen molar-refractivity contribution >= 4 is 17.9 Å². The van der Waals surface area contributed by atoms with Crippen LogP contribution < -0.4 is 15.5 Å². The molecule has 0 unspecified atom stereocenters. The first-order valence-electron chi connectivity index (χ1n) is 9.23. The van der Waals surface area contributed by atoms with Gasteiger partial charge in [-0.3, -0.25) is 0 Å². The van der Waals surface area contributed by atoms with E-state index < -0.39 is 0 Å². The van der Waals surface area contributed by atoms with Crippen molar-refractivity contribution < 1.29 is 9.18 Å². The van der Waals surface area contributed by atoms with E-state index in [2.05, 4.69) is 37.7 Å². The average Bonchev–Trinajstić information content (AvgIpc) is 3.16. The maximum absolute atomic E-state index is 13.2. The molecule has 140 valence electrons. The van der Waals surface area contributed by atoms with Gasteiger partial charge < -0.3 is 15.5 Å². The fourth-order valence-corrected chi connectivity index (χ4v) is 3.60. The number of halogens is 1. The molecule has 0 bridgehead atoms. The molecule has 1 aromatic heterocycles. The molecule has 4 rings (SSSR count). The predicted molar refractivity (Wildman–Crippen MR) is 102 cm³/mol. The summed E-state index contributed by atoms with van der Waals surface area (Å²) >= 11 is 0. The van der Waals surface area contributed by atoms with Crippen LogP contribution in [0.25, 0.3) is 6.08 Å². The lowest BCUT2D eigenvalue weighted by Crippen LogP contribution is -2.48. The highest BCUT2D eigenvalue weighted by molar-refractivity contribution is 5.74. The SMILES string of the molecule is O=C(NCc1cccc(F)c1)NC1CCN(c2ncnc3c2C=CC3)CC1. The van der Waals surface area contributed by atoms with Crippen LogP contribution in [0.4, 0.5) is 15.0 Å². The Morgan fingerprint density at radius 2 is 2.11 bits per heavy atom. The van der Waals surface area contributed by atoms with E-state index in [0.29, 0.717) is 6.54 Å². The van der Waals surface area contributed by atoms with E-state index in [9.17, 15) is 9.18 Å². The van der Waals surface area contributed by atoms with Crippen molar-refractivity contribution in [2.75, 3.05) is 18.0 Å². The minimum atomic E-state index is -0.298. The van der Waals surface area contributed by atoms with Crippen molar-refractivity contribution in [1.29, 1.82) is 0 Å². The van der Waals surface area contributed by atoms with E-state index in [1.807, 2.05) is 0 Å². The first-order valence-corrected chi connectivity index (χ1v) is 9.23. The summed E-state index contributed by atoms with van der Waals surface area (Å²) in [4.78, 5) is 23.2. The lowest BCUT2D eigenvalue weighted by molar-refractivity contribution is 0.234. The highest BCUT2D eigenvalue weighted by atomic mass is 19.1. The Bertz CT molecular complexity index is 861. The molecule has 2 aromatic rings. The van der Waals surface area contributed by atoms with Gasteiger partial charge in [0.05, 0.1) is 5.69 Å². The van der Waals surface area contributed by atoms with Crippen molar-refractivity contribution in [3.8, 4) is 0 Å². The van der Waals surface area contributed by atoms with Gasteiger partial charge in [-0.2, -0.15) is 0 Å². The second-order valence-electron chi connectivity index (χ2n) is 6.88. The molecule has 2 N–H and O–H groups in total. The van der Waals surface area contributed by atoms with Crippen molar-refractivity contribution in [1.82, 2.24) is 20.6 Å². The average molecular weight is 367 g/mol. The third-order valence-corrected chi connectivity index (χ3v) is 5.01. The largest absolute Gasteiger partial charge is 0.356 e. The third-order valence-electron chi connectivity index (χ3n) is 5.01. The molecular weight excluding hydrogens is 345 g/mol. The topological polar surface area (TPSA) is 70.2 Å². The molecule has 2 amide bonds. The molecule has 2 aliphatic rings. The standard InChI is InChI=1S/C20H22FN5O/c21-15-4-1-3-14(11-15)12-22-20(27)25-16-7-9-26(10-8-16)19-17-5-2-6-18(17)23-13-24-19/h1-5,11,13,16H,6-10,12H2,(H2,22,25,27). The molecule has 27 heavy (non-hydrogen) atoms. The first kappa shape index (κ1) is 17.5. The number of piperidine rings is 1. The monoisotopic (exact) mass is 367 g/mol. The normalized spacial score (nSPS) is 16.3. The number of aromatic nitrogens is 2. The minimum absolute atomic E-state index is 0.124. The van der Waals surface area contributed by atoms with E-state index in [-0.39, 0.29) is 17.9 Å². The highest BCUT2D eigenvalue weighted by Gasteiger charge is 2.24. The van der Waals surface area contributed by atoms with Crippen LogP contribution in [0.5, 0.6) is 0 Å². The van der Waals surface area contributed by atoms with Gasteiger partial charge in [-0.05, 0) is 30.5 Å². The van der Waals surface area contributed by atoms with Crippen LogP contribution in [0.2, 0.25) is 0 Å². The van der Waals surface area contributed by atoms with Gasteiger partial charge in [-0.1, -0.05) is 24.3 Å². The van der Waals surface area contributed by atoms with E-state index >= 15 is 0 Å². The van der Waals surface area contributed by atoms with E-state index in [4.69, 9.17) is 0 Å². The second-order valence-corrected chi connectivity index (χ2v) is 6.88. The van der Waals surface area contributed by atoms with Crippen molar-refractivity contribution in [2.24, 2.45) is 0 Å². The highest BCUT2D eigenvalue weighted by Crippen LogP contribution is 2.28. The maximum atomic E-state index is 13.2. The van der Waals surface area contributed by atoms with Crippen LogP contribution in [-0.2, 0) is 13.0 Å². The molecule has 1 fully saturated rings. The molecule has 2 heterocycles. The van der Waals surface area contributed by atoms with Gasteiger partial charge in [0.2, 0.25) is 0 Å². The number of rotatable bonds is 4. The quantitative estimate of drug-likeness (QED) is 0.872. The van der Waals surface area contributed by atoms with Gasteiger partial charge in [0.1, 0.15) is 18.0 Å². The zero-order valence-corrected chi connectivity index (χ0v) is 15.0. The number of amides is 2. The number of hydrogen-bond donors (Lipinski definition) is 2. The van der Waals surface area contributed by atoms with Crippen molar-refractivity contribution in [3.63, 3.8) is 0 Å². The Morgan fingerprint density at radius 1 is 1.26 bits per heavy atom. The molecule has 1 aliphatic heterocycles. The summed E-state index contributed by atoms with van der Waals surface area (Å²) in [7, 11) is 0. The van der Waals surface area contributed by atoms with Gasteiger partial charge in [-0.25, -0.2) is 19.2 Å². The molecule has 1 aliphatic carbocycles. The van der Waals surface area contributed by atoms with Gasteiger partial charge in [0.15, 0.2) is 0 Å². The van der Waals surface area contributed by atoms with Crippen LogP contribution in [0.15, 0.2) is 36.7 Å². The summed E-state index contributed by atoms with van der Waals surface area (Å²) in [6.45, 7) is 1.99. The van der Waals surface area contributed by atoms with Gasteiger partial charge in [0, 0.05) is 37.7 Å². The second kappa shape index (κ2) is 7.73. The number of benzene rings is 1. The van der Waals surface area contributed by atoms with Crippen LogP contribution in [0, 0.1) is 5.82 Å². The molecule has 0 saturated carbocycles. The number of hydrogen-bond acceptors (Lipinski definition) is 4. The summed E-state index contributed by atoms with van der Waals surface area (Å²) in [5.74, 6) is 0.691. The fourth-order valence-electron chi connectivity index (χ4n) is 3.60. The fraction of sp³-hybridized carbons (Fsp3) is 0.350. The zero-order valence-electron chi connectivity index (χ0n) is 15.0. The summed E-state index contributed by atoms with van der Waals surface area (Å²) in [5, 5.41) is 5.80. The molecule has 0 radical (unpaired) electrons. The van der Waals surface area contributed by atoms with Crippen LogP contribution in [0.1, 0.15) is 29.7 Å². The number of allylic oxidation sites excluding steroid dienone is 1. The number of carbonyl (C=O) groups excluding carboxylic acids is 1. The van der Waals surface area contributed by atoms with E-state index in [1.165, 1.54) is 12.1 Å². The number of nitrogens with zero attached hydrogens (tertiary/aromatic N) is 3. The van der Waals surface area contributed by atoms with Gasteiger partial charge in [-0.15, -0.1) is 0 Å². The molecule has 6 nitrogen and oxygen atoms in total. The number of carbonyl (C=O) groups is 1. The molecule has 1 saturated heterocycles. The smallest absolute Gasteiger partial charge is 0.315 e. The molecule has 1 aromatic carbocycles. The Balaban J connectivity index is 1.27. The van der Waals surface area contributed by atoms with E-state index in [1.54, 1.807) is 18.5 Å². The number of fused-ring (bicyclic) bond motifs is 1. The van der Waals surface area contributed by atoms with Crippen molar-refractivity contribution in [2.45, 2.75) is 31.8 Å². The zero-order chi connectivity index (χ0) is 18.6. The third kappa shape index (κ3) is 4.07. The summed E-state index contributed by atoms with van der Waals surface area (Å²) in [6, 6.07) is 6.14. The van der Waals surface area contributed by atoms with Gasteiger partial charge >= 0.3 is 6.03 Å². The lowest BCUT2D eigenvalue weighted by atomic mass is 10.0. The summed E-state index contributed by atoms with van der Waals surface area (Å²) in [5.41, 5.74) is 2.94. The Kier molecular flexibility index (Phi) is 5.00. The van der Waals surface area contributed by atoms with Crippen LogP contribution in [-0.4, -0.2) is 35.1 Å². The first-order chi connectivity index (χ1) is 13.2.